The normalized spacial score (nSPS) is 11.9. The Hall–Kier alpha value is -2.07. The Morgan fingerprint density at radius 2 is 2.00 bits per heavy atom. The van der Waals surface area contributed by atoms with Gasteiger partial charge in [0.25, 0.3) is 0 Å². The van der Waals surface area contributed by atoms with Crippen LogP contribution in [-0.4, -0.2) is 24.4 Å². The molecule has 0 heterocycles. The number of rotatable bonds is 6. The van der Waals surface area contributed by atoms with Gasteiger partial charge < -0.3 is 15.2 Å². The average molecular weight is 275 g/mol. The highest BCUT2D eigenvalue weighted by Crippen LogP contribution is 2.13. The second-order valence-corrected chi connectivity index (χ2v) is 4.67. The third-order valence-corrected chi connectivity index (χ3v) is 2.80. The van der Waals surface area contributed by atoms with Crippen LogP contribution in [0.1, 0.15) is 5.56 Å². The second kappa shape index (κ2) is 6.91. The maximum absolute atomic E-state index is 13.0. The van der Waals surface area contributed by atoms with E-state index in [1.807, 2.05) is 31.2 Å². The largest absolute Gasteiger partial charge is 0.491 e. The monoisotopic (exact) mass is 275 g/mol. The number of ether oxygens (including phenoxy) is 1. The summed E-state index contributed by atoms with van der Waals surface area (Å²) < 4.78 is 18.5. The molecule has 0 aliphatic carbocycles. The molecule has 0 bridgehead atoms. The van der Waals surface area contributed by atoms with Crippen LogP contribution in [0.2, 0.25) is 0 Å². The summed E-state index contributed by atoms with van der Waals surface area (Å²) in [6, 6.07) is 13.8. The number of nitrogens with one attached hydrogen (secondary N) is 1. The smallest absolute Gasteiger partial charge is 0.125 e. The van der Waals surface area contributed by atoms with Crippen LogP contribution in [0.15, 0.2) is 48.5 Å². The molecule has 2 aromatic rings. The molecule has 106 valence electrons. The highest BCUT2D eigenvalue weighted by molar-refractivity contribution is 5.43. The molecule has 2 rings (SSSR count). The Bertz CT molecular complexity index is 510. The molecule has 0 aromatic heterocycles. The quantitative estimate of drug-likeness (QED) is 0.851. The molecule has 1 unspecified atom stereocenters. The number of aliphatic hydroxyl groups excluding tert-OH is 1. The van der Waals surface area contributed by atoms with Gasteiger partial charge in [-0.15, -0.1) is 0 Å². The summed E-state index contributed by atoms with van der Waals surface area (Å²) in [5.41, 5.74) is 1.74. The lowest BCUT2D eigenvalue weighted by atomic mass is 10.2. The molecule has 0 fully saturated rings. The van der Waals surface area contributed by atoms with Crippen molar-refractivity contribution in [2.75, 3.05) is 18.5 Å². The molecule has 0 aliphatic rings. The first-order valence-corrected chi connectivity index (χ1v) is 6.50. The molecule has 2 aromatic carbocycles. The van der Waals surface area contributed by atoms with E-state index in [0.29, 0.717) is 12.2 Å². The maximum atomic E-state index is 13.0. The van der Waals surface area contributed by atoms with Gasteiger partial charge in [0.05, 0.1) is 0 Å². The minimum atomic E-state index is -0.668. The molecule has 20 heavy (non-hydrogen) atoms. The summed E-state index contributed by atoms with van der Waals surface area (Å²) in [5.74, 6) is 0.426. The highest BCUT2D eigenvalue weighted by atomic mass is 19.1. The van der Waals surface area contributed by atoms with Crippen LogP contribution in [0.5, 0.6) is 5.75 Å². The van der Waals surface area contributed by atoms with Gasteiger partial charge in [0.2, 0.25) is 0 Å². The molecular weight excluding hydrogens is 257 g/mol. The summed E-state index contributed by atoms with van der Waals surface area (Å²) in [6.07, 6.45) is -0.668. The number of hydrogen-bond acceptors (Lipinski definition) is 3. The van der Waals surface area contributed by atoms with E-state index in [0.717, 1.165) is 11.3 Å². The Morgan fingerprint density at radius 1 is 1.20 bits per heavy atom. The van der Waals surface area contributed by atoms with Gasteiger partial charge in [-0.2, -0.15) is 0 Å². The summed E-state index contributed by atoms with van der Waals surface area (Å²) in [4.78, 5) is 0. The van der Waals surface area contributed by atoms with Crippen molar-refractivity contribution in [3.05, 3.63) is 59.9 Å². The fourth-order valence-electron chi connectivity index (χ4n) is 1.79. The van der Waals surface area contributed by atoms with E-state index in [1.54, 1.807) is 12.1 Å². The fourth-order valence-corrected chi connectivity index (χ4v) is 1.79. The van der Waals surface area contributed by atoms with Crippen molar-refractivity contribution >= 4 is 5.69 Å². The topological polar surface area (TPSA) is 41.5 Å². The van der Waals surface area contributed by atoms with Gasteiger partial charge in [0, 0.05) is 12.2 Å². The first-order chi connectivity index (χ1) is 9.63. The van der Waals surface area contributed by atoms with Crippen molar-refractivity contribution < 1.29 is 14.2 Å². The molecule has 0 saturated carbocycles. The summed E-state index contributed by atoms with van der Waals surface area (Å²) in [7, 11) is 0. The van der Waals surface area contributed by atoms with Crippen molar-refractivity contribution in [1.29, 1.82) is 0 Å². The van der Waals surface area contributed by atoms with E-state index in [2.05, 4.69) is 5.32 Å². The molecule has 0 spiro atoms. The fraction of sp³-hybridized carbons (Fsp3) is 0.250. The van der Waals surface area contributed by atoms with Crippen molar-refractivity contribution in [1.82, 2.24) is 0 Å². The van der Waals surface area contributed by atoms with Crippen LogP contribution in [0, 0.1) is 12.7 Å². The average Bonchev–Trinajstić information content (AvgIpc) is 2.43. The Morgan fingerprint density at radius 3 is 2.75 bits per heavy atom. The van der Waals surface area contributed by atoms with Crippen molar-refractivity contribution in [2.24, 2.45) is 0 Å². The van der Waals surface area contributed by atoms with Crippen molar-refractivity contribution in [3.63, 3.8) is 0 Å². The van der Waals surface area contributed by atoms with Crippen LogP contribution >= 0.6 is 0 Å². The third-order valence-electron chi connectivity index (χ3n) is 2.80. The first kappa shape index (κ1) is 14.3. The molecule has 0 saturated heterocycles. The third kappa shape index (κ3) is 4.55. The van der Waals surface area contributed by atoms with Crippen LogP contribution in [-0.2, 0) is 0 Å². The highest BCUT2D eigenvalue weighted by Gasteiger charge is 2.05. The molecule has 1 atom stereocenters. The summed E-state index contributed by atoms with van der Waals surface area (Å²) in [5, 5.41) is 12.8. The molecule has 0 radical (unpaired) electrons. The van der Waals surface area contributed by atoms with Gasteiger partial charge >= 0.3 is 0 Å². The Kier molecular flexibility index (Phi) is 4.96. The standard InChI is InChI=1S/C16H18FNO2/c1-12-4-2-7-16(8-12)20-11-15(19)10-18-14-6-3-5-13(17)9-14/h2-9,15,18-19H,10-11H2,1H3. The molecule has 4 heteroatoms. The summed E-state index contributed by atoms with van der Waals surface area (Å²) in [6.45, 7) is 2.47. The van der Waals surface area contributed by atoms with Gasteiger partial charge in [-0.1, -0.05) is 18.2 Å². The van der Waals surface area contributed by atoms with Crippen LogP contribution in [0.4, 0.5) is 10.1 Å². The minimum absolute atomic E-state index is 0.186. The van der Waals surface area contributed by atoms with E-state index in [4.69, 9.17) is 4.74 Å². The summed E-state index contributed by atoms with van der Waals surface area (Å²) >= 11 is 0. The number of anilines is 1. The predicted octanol–water partition coefficient (Wildman–Crippen LogP) is 2.99. The minimum Gasteiger partial charge on any atom is -0.491 e. The lowest BCUT2D eigenvalue weighted by Crippen LogP contribution is -2.26. The van der Waals surface area contributed by atoms with E-state index in [1.165, 1.54) is 12.1 Å². The Labute approximate surface area is 118 Å². The lowest BCUT2D eigenvalue weighted by molar-refractivity contribution is 0.117. The number of halogens is 1. The maximum Gasteiger partial charge on any atom is 0.125 e. The van der Waals surface area contributed by atoms with E-state index in [9.17, 15) is 9.50 Å². The predicted molar refractivity (Wildman–Crippen MR) is 77.6 cm³/mol. The molecular formula is C16H18FNO2. The van der Waals surface area contributed by atoms with Crippen molar-refractivity contribution in [3.8, 4) is 5.75 Å². The van der Waals surface area contributed by atoms with Gasteiger partial charge in [-0.3, -0.25) is 0 Å². The second-order valence-electron chi connectivity index (χ2n) is 4.67. The molecule has 0 amide bonds. The van der Waals surface area contributed by atoms with E-state index < -0.39 is 6.10 Å². The van der Waals surface area contributed by atoms with E-state index in [-0.39, 0.29) is 12.4 Å². The molecule has 2 N–H and O–H groups in total. The van der Waals surface area contributed by atoms with E-state index >= 15 is 0 Å². The van der Waals surface area contributed by atoms with Gasteiger partial charge in [0.15, 0.2) is 0 Å². The van der Waals surface area contributed by atoms with Gasteiger partial charge in [-0.05, 0) is 42.8 Å². The zero-order valence-corrected chi connectivity index (χ0v) is 11.3. The number of aliphatic hydroxyl groups is 1. The van der Waals surface area contributed by atoms with Crippen molar-refractivity contribution in [2.45, 2.75) is 13.0 Å². The lowest BCUT2D eigenvalue weighted by Gasteiger charge is -2.14. The molecule has 3 nitrogen and oxygen atoms in total. The zero-order chi connectivity index (χ0) is 14.4. The van der Waals surface area contributed by atoms with Gasteiger partial charge in [-0.25, -0.2) is 4.39 Å². The van der Waals surface area contributed by atoms with Crippen LogP contribution < -0.4 is 10.1 Å². The number of hydrogen-bond donors (Lipinski definition) is 2. The number of aryl methyl sites for hydroxylation is 1. The van der Waals surface area contributed by atoms with Crippen LogP contribution in [0.3, 0.4) is 0 Å². The Balaban J connectivity index is 1.77. The first-order valence-electron chi connectivity index (χ1n) is 6.50. The molecule has 0 aliphatic heterocycles. The van der Waals surface area contributed by atoms with Crippen LogP contribution in [0.25, 0.3) is 0 Å². The van der Waals surface area contributed by atoms with Gasteiger partial charge in [0.1, 0.15) is 24.3 Å². The SMILES string of the molecule is Cc1cccc(OCC(O)CNc2cccc(F)c2)c1. The number of benzene rings is 2. The zero-order valence-electron chi connectivity index (χ0n) is 11.3.